The summed E-state index contributed by atoms with van der Waals surface area (Å²) in [5, 5.41) is 4.93. The smallest absolute Gasteiger partial charge is 0.203 e. The molecule has 0 aliphatic carbocycles. The number of anilines is 1. The quantitative estimate of drug-likeness (QED) is 0.232. The number of nitrogen functional groups attached to an aromatic ring is 1. The first-order valence-corrected chi connectivity index (χ1v) is 14.2. The minimum Gasteiger partial charge on any atom is -0.760 e. The normalized spacial score (nSPS) is 12.9. The van der Waals surface area contributed by atoms with Crippen molar-refractivity contribution in [2.45, 2.75) is 19.5 Å². The van der Waals surface area contributed by atoms with Crippen molar-refractivity contribution in [1.29, 1.82) is 0 Å². The first-order chi connectivity index (χ1) is 21.2. The number of nitrogens with one attached hydrogen (secondary N) is 1. The molecule has 0 amide bonds. The van der Waals surface area contributed by atoms with Gasteiger partial charge in [0.15, 0.2) is 5.65 Å². The van der Waals surface area contributed by atoms with Gasteiger partial charge in [0, 0.05) is 28.9 Å². The Hall–Kier alpha value is -5.05. The molecule has 6 aromatic rings. The number of benzene rings is 3. The molecule has 14 heteroatoms. The van der Waals surface area contributed by atoms with Crippen LogP contribution in [0.15, 0.2) is 76.2 Å². The van der Waals surface area contributed by atoms with Crippen molar-refractivity contribution in [3.63, 3.8) is 0 Å². The van der Waals surface area contributed by atoms with Crippen LogP contribution in [0.5, 0.6) is 5.75 Å². The Morgan fingerprint density at radius 3 is 2.64 bits per heavy atom. The van der Waals surface area contributed by atoms with E-state index in [1.165, 1.54) is 54.5 Å². The molecule has 0 bridgehead atoms. The van der Waals surface area contributed by atoms with Gasteiger partial charge in [-0.15, -0.1) is 0 Å². The van der Waals surface area contributed by atoms with E-state index in [4.69, 9.17) is 20.0 Å². The molecule has 0 saturated heterocycles. The lowest BCUT2D eigenvalue weighted by Gasteiger charge is -2.17. The van der Waals surface area contributed by atoms with E-state index in [0.29, 0.717) is 33.6 Å². The van der Waals surface area contributed by atoms with Crippen LogP contribution in [0.3, 0.4) is 0 Å². The third-order valence-corrected chi connectivity index (χ3v) is 7.59. The number of aromatic nitrogens is 4. The first-order valence-electron chi connectivity index (χ1n) is 13.2. The molecule has 0 spiro atoms. The predicted molar refractivity (Wildman–Crippen MR) is 159 cm³/mol. The Morgan fingerprint density at radius 1 is 1.09 bits per heavy atom. The molecule has 0 aliphatic heterocycles. The molecule has 0 radical (unpaired) electrons. The van der Waals surface area contributed by atoms with E-state index in [2.05, 4.69) is 14.7 Å². The molecule has 3 heterocycles. The van der Waals surface area contributed by atoms with Gasteiger partial charge in [-0.05, 0) is 55.0 Å². The zero-order chi connectivity index (χ0) is 31.1. The molecule has 0 saturated carbocycles. The molecule has 2 unspecified atom stereocenters. The molecule has 11 nitrogen and oxygen atoms in total. The van der Waals surface area contributed by atoms with E-state index in [9.17, 15) is 22.3 Å². The van der Waals surface area contributed by atoms with Crippen molar-refractivity contribution in [2.24, 2.45) is 0 Å². The summed E-state index contributed by atoms with van der Waals surface area (Å²) in [6, 6.07) is 13.7. The van der Waals surface area contributed by atoms with E-state index < -0.39 is 34.4 Å². The van der Waals surface area contributed by atoms with Crippen molar-refractivity contribution in [1.82, 2.24) is 24.5 Å². The molecule has 3 N–H and O–H groups in total. The number of hydrogen-bond acceptors (Lipinski definition) is 9. The Kier molecular flexibility index (Phi) is 7.63. The lowest BCUT2D eigenvalue weighted by atomic mass is 9.99. The fourth-order valence-electron chi connectivity index (χ4n) is 5.21. The maximum Gasteiger partial charge on any atom is 0.203 e. The predicted octanol–water partition coefficient (Wildman–Crippen LogP) is 4.63. The Morgan fingerprint density at radius 2 is 1.89 bits per heavy atom. The second-order valence-corrected chi connectivity index (χ2v) is 10.6. The van der Waals surface area contributed by atoms with E-state index in [0.717, 1.165) is 6.07 Å². The van der Waals surface area contributed by atoms with Crippen LogP contribution in [0, 0.1) is 11.6 Å². The van der Waals surface area contributed by atoms with Gasteiger partial charge in [-0.25, -0.2) is 28.2 Å². The van der Waals surface area contributed by atoms with Crippen LogP contribution in [-0.4, -0.2) is 35.6 Å². The van der Waals surface area contributed by atoms with E-state index in [-0.39, 0.29) is 40.2 Å². The third-order valence-electron chi connectivity index (χ3n) is 7.21. The third kappa shape index (κ3) is 5.08. The van der Waals surface area contributed by atoms with Gasteiger partial charge in [-0.1, -0.05) is 18.2 Å². The monoisotopic (exact) mass is 617 g/mol. The molecule has 3 aromatic heterocycles. The molecular formula is C30H23F2N6O5S-. The molecular weight excluding hydrogens is 594 g/mol. The molecule has 2 atom stereocenters. The van der Waals surface area contributed by atoms with Crippen LogP contribution in [-0.2, 0) is 17.8 Å². The van der Waals surface area contributed by atoms with E-state index in [1.54, 1.807) is 25.1 Å². The standard InChI is InChI=1S/C30H24F2N6O5S/c1-15(28-23(16-5-3-6-19(31)12-16)27(39)24-20(32)7-4-8-22(24)43-28)38-30-25(29(33)34-14-35-30)26(37-38)17-9-10-21(42-2)18(11-17)13-36-44(40)41/h3-12,14-15,36H,13H2,1-2H3,(H,40,41)(H2,33,34,35)/p-1. The highest BCUT2D eigenvalue weighted by Crippen LogP contribution is 2.37. The molecule has 224 valence electrons. The average Bonchev–Trinajstić information content (AvgIpc) is 3.40. The average molecular weight is 618 g/mol. The number of fused-ring (bicyclic) bond motifs is 2. The van der Waals surface area contributed by atoms with Crippen LogP contribution in [0.4, 0.5) is 14.6 Å². The summed E-state index contributed by atoms with van der Waals surface area (Å²) in [5.74, 6) is -0.715. The van der Waals surface area contributed by atoms with Crippen molar-refractivity contribution >= 4 is 39.1 Å². The van der Waals surface area contributed by atoms with E-state index in [1.807, 2.05) is 0 Å². The minimum absolute atomic E-state index is 0.00545. The van der Waals surface area contributed by atoms with Crippen LogP contribution < -0.4 is 20.6 Å². The Bertz CT molecular complexity index is 2150. The zero-order valence-electron chi connectivity index (χ0n) is 23.2. The molecule has 3 aromatic carbocycles. The number of nitrogens with zero attached hydrogens (tertiary/aromatic N) is 4. The minimum atomic E-state index is -2.51. The summed E-state index contributed by atoms with van der Waals surface area (Å²) >= 11 is -2.51. The summed E-state index contributed by atoms with van der Waals surface area (Å²) in [6.45, 7) is 1.65. The number of ether oxygens (including phenoxy) is 1. The highest BCUT2D eigenvalue weighted by atomic mass is 32.2. The van der Waals surface area contributed by atoms with Crippen molar-refractivity contribution in [2.75, 3.05) is 12.8 Å². The highest BCUT2D eigenvalue weighted by molar-refractivity contribution is 7.77. The van der Waals surface area contributed by atoms with Gasteiger partial charge in [0.25, 0.3) is 0 Å². The van der Waals surface area contributed by atoms with E-state index >= 15 is 0 Å². The largest absolute Gasteiger partial charge is 0.760 e. The molecule has 0 aliphatic rings. The SMILES string of the molecule is COc1ccc(-c2nn(C(C)c3oc4cccc(F)c4c(=O)c3-c3cccc(F)c3)c3ncnc(N)c23)cc1CNS(=O)[O-]. The van der Waals surface area contributed by atoms with Crippen LogP contribution in [0.2, 0.25) is 0 Å². The molecule has 0 fully saturated rings. The summed E-state index contributed by atoms with van der Waals surface area (Å²) in [5.41, 5.74) is 7.52. The van der Waals surface area contributed by atoms with Crippen molar-refractivity contribution in [3.05, 3.63) is 100 Å². The van der Waals surface area contributed by atoms with Gasteiger partial charge in [0.05, 0.1) is 18.1 Å². The second-order valence-electron chi connectivity index (χ2n) is 9.80. The number of halogens is 2. The second kappa shape index (κ2) is 11.6. The van der Waals surface area contributed by atoms with Crippen LogP contribution in [0.1, 0.15) is 24.3 Å². The van der Waals surface area contributed by atoms with Gasteiger partial charge < -0.3 is 19.4 Å². The van der Waals surface area contributed by atoms with Crippen LogP contribution in [0.25, 0.3) is 44.4 Å². The maximum absolute atomic E-state index is 14.9. The van der Waals surface area contributed by atoms with Gasteiger partial charge in [0.2, 0.25) is 5.43 Å². The van der Waals surface area contributed by atoms with Crippen molar-refractivity contribution < 1.29 is 26.7 Å². The van der Waals surface area contributed by atoms with Gasteiger partial charge >= 0.3 is 0 Å². The van der Waals surface area contributed by atoms with Gasteiger partial charge in [-0.2, -0.15) is 5.10 Å². The number of hydrogen-bond donors (Lipinski definition) is 2. The Balaban J connectivity index is 1.59. The fraction of sp³-hybridized carbons (Fsp3) is 0.133. The summed E-state index contributed by atoms with van der Waals surface area (Å²) < 4.78 is 66.9. The summed E-state index contributed by atoms with van der Waals surface area (Å²) in [4.78, 5) is 22.4. The molecule has 44 heavy (non-hydrogen) atoms. The van der Waals surface area contributed by atoms with Crippen LogP contribution >= 0.6 is 0 Å². The maximum atomic E-state index is 14.9. The number of methoxy groups -OCH3 is 1. The highest BCUT2D eigenvalue weighted by Gasteiger charge is 2.28. The molecule has 6 rings (SSSR count). The number of nitrogens with two attached hydrogens (primary N) is 1. The lowest BCUT2D eigenvalue weighted by Crippen LogP contribution is -2.17. The van der Waals surface area contributed by atoms with Crippen molar-refractivity contribution in [3.8, 4) is 28.1 Å². The Labute approximate surface area is 250 Å². The zero-order valence-corrected chi connectivity index (χ0v) is 24.0. The fourth-order valence-corrected chi connectivity index (χ4v) is 5.48. The number of rotatable bonds is 8. The first kappa shape index (κ1) is 29.0. The lowest BCUT2D eigenvalue weighted by molar-refractivity contribution is 0.409. The van der Waals surface area contributed by atoms with Gasteiger partial charge in [-0.3, -0.25) is 9.00 Å². The van der Waals surface area contributed by atoms with Gasteiger partial charge in [0.1, 0.15) is 58.0 Å². The summed E-state index contributed by atoms with van der Waals surface area (Å²) in [6.07, 6.45) is 1.26. The summed E-state index contributed by atoms with van der Waals surface area (Å²) in [7, 11) is 1.46. The topological polar surface area (TPSA) is 161 Å².